The van der Waals surface area contributed by atoms with Crippen LogP contribution in [0, 0.1) is 5.41 Å². The number of para-hydroxylation sites is 1. The van der Waals surface area contributed by atoms with E-state index in [1.165, 1.54) is 5.56 Å². The number of likely N-dealkylation sites (tertiary alicyclic amines) is 1. The zero-order valence-electron chi connectivity index (χ0n) is 15.2. The predicted octanol–water partition coefficient (Wildman–Crippen LogP) is 2.84. The van der Waals surface area contributed by atoms with E-state index in [2.05, 4.69) is 30.9 Å². The van der Waals surface area contributed by atoms with Gasteiger partial charge in [0.1, 0.15) is 0 Å². The molecule has 2 atom stereocenters. The van der Waals surface area contributed by atoms with Crippen molar-refractivity contribution in [2.75, 3.05) is 24.6 Å². The summed E-state index contributed by atoms with van der Waals surface area (Å²) in [6.45, 7) is 8.37. The molecule has 24 heavy (non-hydrogen) atoms. The molecular formula is C20H30N2O2. The first-order valence-corrected chi connectivity index (χ1v) is 9.27. The molecule has 3 rings (SSSR count). The van der Waals surface area contributed by atoms with Gasteiger partial charge in [-0.1, -0.05) is 25.1 Å². The van der Waals surface area contributed by atoms with Crippen LogP contribution >= 0.6 is 0 Å². The number of benzene rings is 1. The van der Waals surface area contributed by atoms with Crippen molar-refractivity contribution < 1.29 is 9.90 Å². The third-order valence-corrected chi connectivity index (χ3v) is 6.29. The SMILES string of the molecule is CCC1(CO)CCN(C(C)C(=O)N2c3ccccc3CC2C)CC1. The van der Waals surface area contributed by atoms with Crippen LogP contribution in [0.5, 0.6) is 0 Å². The summed E-state index contributed by atoms with van der Waals surface area (Å²) in [7, 11) is 0. The Bertz CT molecular complexity index is 587. The van der Waals surface area contributed by atoms with Gasteiger partial charge in [-0.25, -0.2) is 0 Å². The lowest BCUT2D eigenvalue weighted by molar-refractivity contribution is -0.124. The summed E-state index contributed by atoms with van der Waals surface area (Å²) in [5.74, 6) is 0.209. The standard InChI is InChI=1S/C20H30N2O2/c1-4-20(14-23)9-11-21(12-10-20)16(3)19(24)22-15(2)13-17-7-5-6-8-18(17)22/h5-8,15-16,23H,4,9-14H2,1-3H3. The predicted molar refractivity (Wildman–Crippen MR) is 97.2 cm³/mol. The number of amides is 1. The number of hydrogen-bond donors (Lipinski definition) is 1. The molecule has 1 fully saturated rings. The van der Waals surface area contributed by atoms with Gasteiger partial charge in [-0.3, -0.25) is 9.69 Å². The van der Waals surface area contributed by atoms with E-state index in [1.54, 1.807) is 0 Å². The molecule has 1 aromatic carbocycles. The quantitative estimate of drug-likeness (QED) is 0.923. The first-order valence-electron chi connectivity index (χ1n) is 9.27. The molecule has 2 aliphatic rings. The van der Waals surface area contributed by atoms with Gasteiger partial charge in [-0.05, 0) is 69.7 Å². The van der Waals surface area contributed by atoms with Gasteiger partial charge in [0.25, 0.3) is 0 Å². The third-order valence-electron chi connectivity index (χ3n) is 6.29. The van der Waals surface area contributed by atoms with Gasteiger partial charge in [-0.2, -0.15) is 0 Å². The van der Waals surface area contributed by atoms with E-state index in [0.717, 1.165) is 44.5 Å². The zero-order chi connectivity index (χ0) is 17.3. The lowest BCUT2D eigenvalue weighted by Gasteiger charge is -2.43. The van der Waals surface area contributed by atoms with Gasteiger partial charge in [0, 0.05) is 18.3 Å². The number of aliphatic hydroxyl groups excluding tert-OH is 1. The highest BCUT2D eigenvalue weighted by atomic mass is 16.3. The van der Waals surface area contributed by atoms with Crippen molar-refractivity contribution in [3.8, 4) is 0 Å². The molecule has 2 aliphatic heterocycles. The highest BCUT2D eigenvalue weighted by Crippen LogP contribution is 2.36. The Labute approximate surface area is 145 Å². The molecule has 0 bridgehead atoms. The van der Waals surface area contributed by atoms with Crippen molar-refractivity contribution in [2.45, 2.75) is 58.5 Å². The Morgan fingerprint density at radius 1 is 1.33 bits per heavy atom. The summed E-state index contributed by atoms with van der Waals surface area (Å²) >= 11 is 0. The number of nitrogens with zero attached hydrogens (tertiary/aromatic N) is 2. The fourth-order valence-electron chi connectivity index (χ4n) is 4.27. The van der Waals surface area contributed by atoms with Crippen LogP contribution in [0.25, 0.3) is 0 Å². The summed E-state index contributed by atoms with van der Waals surface area (Å²) in [6.07, 6.45) is 3.90. The minimum atomic E-state index is -0.104. The van der Waals surface area contributed by atoms with E-state index in [-0.39, 0.29) is 30.0 Å². The molecule has 4 nitrogen and oxygen atoms in total. The van der Waals surface area contributed by atoms with Gasteiger partial charge < -0.3 is 10.0 Å². The topological polar surface area (TPSA) is 43.8 Å². The summed E-state index contributed by atoms with van der Waals surface area (Å²) < 4.78 is 0. The van der Waals surface area contributed by atoms with E-state index >= 15 is 0 Å². The molecule has 1 amide bonds. The molecule has 0 aromatic heterocycles. The van der Waals surface area contributed by atoms with Crippen LogP contribution in [0.1, 0.15) is 45.6 Å². The highest BCUT2D eigenvalue weighted by Gasteiger charge is 2.38. The fourth-order valence-corrected chi connectivity index (χ4v) is 4.27. The number of anilines is 1. The van der Waals surface area contributed by atoms with Crippen LogP contribution in [0.4, 0.5) is 5.69 Å². The van der Waals surface area contributed by atoms with Crippen molar-refractivity contribution in [3.05, 3.63) is 29.8 Å². The molecule has 1 N–H and O–H groups in total. The molecule has 1 saturated heterocycles. The molecule has 2 heterocycles. The van der Waals surface area contributed by atoms with Crippen LogP contribution in [0.2, 0.25) is 0 Å². The lowest BCUT2D eigenvalue weighted by Crippen LogP contribution is -2.53. The number of carbonyl (C=O) groups excluding carboxylic acids is 1. The number of fused-ring (bicyclic) bond motifs is 1. The maximum atomic E-state index is 13.2. The van der Waals surface area contributed by atoms with E-state index < -0.39 is 0 Å². The molecular weight excluding hydrogens is 300 g/mol. The molecule has 0 saturated carbocycles. The average molecular weight is 330 g/mol. The normalized spacial score (nSPS) is 24.7. The van der Waals surface area contributed by atoms with Gasteiger partial charge in [0.15, 0.2) is 0 Å². The maximum Gasteiger partial charge on any atom is 0.244 e. The van der Waals surface area contributed by atoms with Crippen molar-refractivity contribution in [3.63, 3.8) is 0 Å². The van der Waals surface area contributed by atoms with Crippen LogP contribution < -0.4 is 4.90 Å². The molecule has 4 heteroatoms. The molecule has 0 spiro atoms. The Kier molecular flexibility index (Phi) is 4.97. The van der Waals surface area contributed by atoms with Crippen LogP contribution in [0.15, 0.2) is 24.3 Å². The molecule has 1 aromatic rings. The number of carbonyl (C=O) groups is 1. The van der Waals surface area contributed by atoms with E-state index in [0.29, 0.717) is 0 Å². The highest BCUT2D eigenvalue weighted by molar-refractivity contribution is 5.99. The van der Waals surface area contributed by atoms with Crippen LogP contribution in [0.3, 0.4) is 0 Å². The van der Waals surface area contributed by atoms with Crippen molar-refractivity contribution in [1.82, 2.24) is 4.90 Å². The van der Waals surface area contributed by atoms with E-state index in [4.69, 9.17) is 0 Å². The summed E-state index contributed by atoms with van der Waals surface area (Å²) in [4.78, 5) is 17.4. The minimum absolute atomic E-state index is 0.0623. The first-order chi connectivity index (χ1) is 11.5. The first kappa shape index (κ1) is 17.4. The maximum absolute atomic E-state index is 13.2. The Hall–Kier alpha value is -1.39. The molecule has 0 aliphatic carbocycles. The second-order valence-electron chi connectivity index (χ2n) is 7.61. The average Bonchev–Trinajstić information content (AvgIpc) is 2.96. The Balaban J connectivity index is 1.70. The molecule has 132 valence electrons. The molecule has 2 unspecified atom stereocenters. The summed E-state index contributed by atoms with van der Waals surface area (Å²) in [5, 5.41) is 9.70. The van der Waals surface area contributed by atoms with Gasteiger partial charge in [0.2, 0.25) is 5.91 Å². The second-order valence-corrected chi connectivity index (χ2v) is 7.61. The van der Waals surface area contributed by atoms with Crippen molar-refractivity contribution in [1.29, 1.82) is 0 Å². The summed E-state index contributed by atoms with van der Waals surface area (Å²) in [6, 6.07) is 8.38. The number of rotatable bonds is 4. The number of hydrogen-bond acceptors (Lipinski definition) is 3. The van der Waals surface area contributed by atoms with Crippen molar-refractivity contribution in [2.24, 2.45) is 5.41 Å². The van der Waals surface area contributed by atoms with Crippen LogP contribution in [-0.2, 0) is 11.2 Å². The van der Waals surface area contributed by atoms with Gasteiger partial charge in [0.05, 0.1) is 6.04 Å². The minimum Gasteiger partial charge on any atom is -0.396 e. The Morgan fingerprint density at radius 2 is 2.00 bits per heavy atom. The zero-order valence-corrected chi connectivity index (χ0v) is 15.2. The number of piperidine rings is 1. The number of aliphatic hydroxyl groups is 1. The lowest BCUT2D eigenvalue weighted by atomic mass is 9.76. The fraction of sp³-hybridized carbons (Fsp3) is 0.650. The third kappa shape index (κ3) is 2.98. The summed E-state index contributed by atoms with van der Waals surface area (Å²) in [5.41, 5.74) is 2.42. The van der Waals surface area contributed by atoms with Gasteiger partial charge >= 0.3 is 0 Å². The van der Waals surface area contributed by atoms with Crippen molar-refractivity contribution >= 4 is 11.6 Å². The monoisotopic (exact) mass is 330 g/mol. The van der Waals surface area contributed by atoms with Gasteiger partial charge in [-0.15, -0.1) is 0 Å². The van der Waals surface area contributed by atoms with E-state index in [1.807, 2.05) is 24.0 Å². The smallest absolute Gasteiger partial charge is 0.244 e. The largest absolute Gasteiger partial charge is 0.396 e. The second kappa shape index (κ2) is 6.85. The van der Waals surface area contributed by atoms with E-state index in [9.17, 15) is 9.90 Å². The molecule has 0 radical (unpaired) electrons. The van der Waals surface area contributed by atoms with Crippen LogP contribution in [-0.4, -0.2) is 47.7 Å². The Morgan fingerprint density at radius 3 is 2.62 bits per heavy atom.